The SMILES string of the molecule is Cc1cc(OCN2C[C@@H](C)N(Cc3ccc(F)cc3)C(=C=O)[C@@H]2C)ccc1N. The van der Waals surface area contributed by atoms with Gasteiger partial charge in [-0.2, -0.15) is 0 Å². The van der Waals surface area contributed by atoms with Crippen LogP contribution in [-0.2, 0) is 11.3 Å². The zero-order chi connectivity index (χ0) is 20.3. The van der Waals surface area contributed by atoms with Crippen molar-refractivity contribution in [3.8, 4) is 5.75 Å². The topological polar surface area (TPSA) is 58.8 Å². The molecule has 28 heavy (non-hydrogen) atoms. The van der Waals surface area contributed by atoms with Crippen LogP contribution >= 0.6 is 0 Å². The summed E-state index contributed by atoms with van der Waals surface area (Å²) in [7, 11) is 0. The van der Waals surface area contributed by atoms with Crippen molar-refractivity contribution >= 4 is 11.6 Å². The van der Waals surface area contributed by atoms with Crippen LogP contribution in [0.1, 0.15) is 25.0 Å². The first-order valence-electron chi connectivity index (χ1n) is 9.38. The number of halogens is 1. The van der Waals surface area contributed by atoms with Gasteiger partial charge in [0.1, 0.15) is 29.9 Å². The Morgan fingerprint density at radius 2 is 1.93 bits per heavy atom. The number of benzene rings is 2. The van der Waals surface area contributed by atoms with Gasteiger partial charge in [-0.25, -0.2) is 9.18 Å². The maximum absolute atomic E-state index is 13.2. The highest BCUT2D eigenvalue weighted by molar-refractivity contribution is 5.54. The largest absolute Gasteiger partial charge is 0.478 e. The summed E-state index contributed by atoms with van der Waals surface area (Å²) in [5, 5.41) is 0. The molecule has 2 N–H and O–H groups in total. The number of anilines is 1. The van der Waals surface area contributed by atoms with E-state index >= 15 is 0 Å². The number of rotatable bonds is 5. The molecule has 1 fully saturated rings. The maximum Gasteiger partial charge on any atom is 0.147 e. The molecule has 0 aliphatic carbocycles. The number of nitrogens with zero attached hydrogens (tertiary/aromatic N) is 2. The lowest BCUT2D eigenvalue weighted by molar-refractivity contribution is 0.0285. The monoisotopic (exact) mass is 383 g/mol. The molecule has 0 bridgehead atoms. The van der Waals surface area contributed by atoms with Crippen LogP contribution in [0.2, 0.25) is 0 Å². The number of aryl methyl sites for hydroxylation is 1. The summed E-state index contributed by atoms with van der Waals surface area (Å²) in [6.45, 7) is 7.62. The van der Waals surface area contributed by atoms with Crippen LogP contribution in [0.5, 0.6) is 5.75 Å². The van der Waals surface area contributed by atoms with Crippen LogP contribution in [0.25, 0.3) is 0 Å². The molecule has 2 atom stereocenters. The predicted molar refractivity (Wildman–Crippen MR) is 108 cm³/mol. The summed E-state index contributed by atoms with van der Waals surface area (Å²) in [5.74, 6) is 2.60. The van der Waals surface area contributed by atoms with Crippen LogP contribution in [0.3, 0.4) is 0 Å². The quantitative estimate of drug-likeness (QED) is 0.634. The van der Waals surface area contributed by atoms with Gasteiger partial charge >= 0.3 is 0 Å². The molecule has 0 amide bonds. The van der Waals surface area contributed by atoms with Crippen molar-refractivity contribution in [2.24, 2.45) is 0 Å². The minimum atomic E-state index is -0.267. The van der Waals surface area contributed by atoms with E-state index in [2.05, 4.69) is 17.8 Å². The molecule has 2 aromatic rings. The Kier molecular flexibility index (Phi) is 6.02. The fourth-order valence-electron chi connectivity index (χ4n) is 3.48. The molecular weight excluding hydrogens is 357 g/mol. The molecule has 0 spiro atoms. The van der Waals surface area contributed by atoms with Crippen LogP contribution in [0.4, 0.5) is 10.1 Å². The van der Waals surface area contributed by atoms with Crippen molar-refractivity contribution in [1.82, 2.24) is 9.80 Å². The molecule has 0 radical (unpaired) electrons. The second-order valence-electron chi connectivity index (χ2n) is 7.33. The third-order valence-electron chi connectivity index (χ3n) is 5.29. The summed E-state index contributed by atoms with van der Waals surface area (Å²) in [5.41, 5.74) is 9.09. The number of nitrogen functional groups attached to an aromatic ring is 1. The summed E-state index contributed by atoms with van der Waals surface area (Å²) in [6, 6.07) is 11.9. The number of piperazine rings is 1. The Bertz CT molecular complexity index is 878. The van der Waals surface area contributed by atoms with E-state index in [4.69, 9.17) is 10.5 Å². The molecule has 3 rings (SSSR count). The zero-order valence-corrected chi connectivity index (χ0v) is 16.5. The van der Waals surface area contributed by atoms with Gasteiger partial charge in [-0.05, 0) is 62.2 Å². The maximum atomic E-state index is 13.2. The molecule has 1 aliphatic rings. The molecule has 6 heteroatoms. The lowest BCUT2D eigenvalue weighted by atomic mass is 10.0. The molecule has 0 aromatic heterocycles. The summed E-state index contributed by atoms with van der Waals surface area (Å²) >= 11 is 0. The van der Waals surface area contributed by atoms with Crippen molar-refractivity contribution in [2.75, 3.05) is 19.0 Å². The standard InChI is InChI=1S/C22H26FN3O2/c1-15-10-20(8-9-21(15)24)28-14-25-11-16(2)26(22(13-27)17(25)3)12-18-4-6-19(23)7-5-18/h4-10,16-17H,11-12,14,24H2,1-3H3/t16-,17+/m1/s1. The van der Waals surface area contributed by atoms with Crippen LogP contribution in [-0.4, -0.2) is 41.1 Å². The lowest BCUT2D eigenvalue weighted by Gasteiger charge is -2.45. The van der Waals surface area contributed by atoms with Gasteiger partial charge in [0.15, 0.2) is 0 Å². The van der Waals surface area contributed by atoms with Crippen molar-refractivity contribution in [3.63, 3.8) is 0 Å². The fraction of sp³-hybridized carbons (Fsp3) is 0.364. The van der Waals surface area contributed by atoms with E-state index in [0.29, 0.717) is 19.0 Å². The van der Waals surface area contributed by atoms with Crippen LogP contribution in [0, 0.1) is 12.7 Å². The second-order valence-corrected chi connectivity index (χ2v) is 7.33. The van der Waals surface area contributed by atoms with E-state index in [1.165, 1.54) is 12.1 Å². The summed E-state index contributed by atoms with van der Waals surface area (Å²) in [4.78, 5) is 15.9. The van der Waals surface area contributed by atoms with E-state index in [0.717, 1.165) is 29.1 Å². The number of carbonyl (C=O) groups excluding carboxylic acids is 1. The predicted octanol–water partition coefficient (Wildman–Crippen LogP) is 3.36. The molecule has 1 aliphatic heterocycles. The first-order valence-corrected chi connectivity index (χ1v) is 9.38. The number of nitrogens with two attached hydrogens (primary N) is 1. The highest BCUT2D eigenvalue weighted by atomic mass is 19.1. The Labute approximate surface area is 165 Å². The minimum Gasteiger partial charge on any atom is -0.478 e. The van der Waals surface area contributed by atoms with E-state index in [-0.39, 0.29) is 17.9 Å². The van der Waals surface area contributed by atoms with Crippen molar-refractivity contribution < 1.29 is 13.9 Å². The van der Waals surface area contributed by atoms with Gasteiger partial charge in [0.05, 0.1) is 6.04 Å². The Hall–Kier alpha value is -2.82. The number of ether oxygens (including phenoxy) is 1. The molecule has 5 nitrogen and oxygen atoms in total. The van der Waals surface area contributed by atoms with Gasteiger partial charge in [0.2, 0.25) is 0 Å². The van der Waals surface area contributed by atoms with Gasteiger partial charge in [-0.1, -0.05) is 12.1 Å². The highest BCUT2D eigenvalue weighted by Crippen LogP contribution is 2.26. The molecule has 1 heterocycles. The zero-order valence-electron chi connectivity index (χ0n) is 16.5. The third kappa shape index (κ3) is 4.35. The molecular formula is C22H26FN3O2. The van der Waals surface area contributed by atoms with E-state index in [9.17, 15) is 9.18 Å². The average Bonchev–Trinajstić information content (AvgIpc) is 2.68. The van der Waals surface area contributed by atoms with Gasteiger partial charge < -0.3 is 15.4 Å². The first kappa shape index (κ1) is 19.9. The van der Waals surface area contributed by atoms with Gasteiger partial charge in [-0.3, -0.25) is 4.90 Å². The summed E-state index contributed by atoms with van der Waals surface area (Å²) < 4.78 is 19.1. The molecule has 2 aromatic carbocycles. The van der Waals surface area contributed by atoms with E-state index in [1.54, 1.807) is 12.1 Å². The molecule has 148 valence electrons. The lowest BCUT2D eigenvalue weighted by Crippen LogP contribution is -2.55. The smallest absolute Gasteiger partial charge is 0.147 e. The van der Waals surface area contributed by atoms with E-state index < -0.39 is 0 Å². The van der Waals surface area contributed by atoms with Crippen LogP contribution < -0.4 is 10.5 Å². The van der Waals surface area contributed by atoms with Crippen LogP contribution in [0.15, 0.2) is 48.2 Å². The van der Waals surface area contributed by atoms with Crippen molar-refractivity contribution in [2.45, 2.75) is 39.4 Å². The highest BCUT2D eigenvalue weighted by Gasteiger charge is 2.34. The van der Waals surface area contributed by atoms with E-state index in [1.807, 2.05) is 36.9 Å². The minimum absolute atomic E-state index is 0.0921. The van der Waals surface area contributed by atoms with Gasteiger partial charge in [0.25, 0.3) is 0 Å². The van der Waals surface area contributed by atoms with Crippen molar-refractivity contribution in [1.29, 1.82) is 0 Å². The summed E-state index contributed by atoms with van der Waals surface area (Å²) in [6.07, 6.45) is 0. The fourth-order valence-corrected chi connectivity index (χ4v) is 3.48. The molecule has 1 saturated heterocycles. The number of hydrogen-bond acceptors (Lipinski definition) is 5. The third-order valence-corrected chi connectivity index (χ3v) is 5.29. The van der Waals surface area contributed by atoms with Gasteiger partial charge in [0, 0.05) is 24.8 Å². The normalized spacial score (nSPS) is 20.1. The molecule has 0 saturated carbocycles. The Morgan fingerprint density at radius 1 is 1.21 bits per heavy atom. The first-order chi connectivity index (χ1) is 13.4. The second kappa shape index (κ2) is 8.46. The number of hydrogen-bond donors (Lipinski definition) is 1. The molecule has 0 unspecified atom stereocenters. The Balaban J connectivity index is 1.69. The van der Waals surface area contributed by atoms with Crippen molar-refractivity contribution in [3.05, 3.63) is 65.1 Å². The van der Waals surface area contributed by atoms with Gasteiger partial charge in [-0.15, -0.1) is 0 Å². The Morgan fingerprint density at radius 3 is 2.57 bits per heavy atom. The average molecular weight is 383 g/mol.